The SMILES string of the molecule is CCOC(=O)Cn1c(=NC(=O)CSCC(=O)Nc2cc(C)on2)sc2cc(C(=O)OC)ccc21. The topological polar surface area (TPSA) is 142 Å². The molecule has 3 rings (SSSR count). The van der Waals surface area contributed by atoms with Crippen molar-refractivity contribution in [2.75, 3.05) is 30.5 Å². The van der Waals surface area contributed by atoms with Crippen molar-refractivity contribution in [3.63, 3.8) is 0 Å². The summed E-state index contributed by atoms with van der Waals surface area (Å²) in [6.45, 7) is 3.47. The number of fused-ring (bicyclic) bond motifs is 1. The molecular weight excluding hydrogens is 484 g/mol. The van der Waals surface area contributed by atoms with Gasteiger partial charge >= 0.3 is 11.9 Å². The van der Waals surface area contributed by atoms with Gasteiger partial charge in [0.05, 0.1) is 41.0 Å². The van der Waals surface area contributed by atoms with E-state index in [2.05, 4.69) is 15.5 Å². The summed E-state index contributed by atoms with van der Waals surface area (Å²) >= 11 is 2.24. The standard InChI is InChI=1S/C21H22N4O7S2/c1-4-31-19(28)9-25-14-6-5-13(20(29)30-3)8-15(14)34-21(25)23-18(27)11-33-10-17(26)22-16-7-12(2)32-24-16/h5-8H,4,9-11H2,1-3H3,(H,22,24,26). The molecule has 1 aromatic carbocycles. The van der Waals surface area contributed by atoms with E-state index in [1.165, 1.54) is 7.11 Å². The van der Waals surface area contributed by atoms with Crippen LogP contribution in [0.2, 0.25) is 0 Å². The molecule has 0 aliphatic rings. The van der Waals surface area contributed by atoms with E-state index < -0.39 is 17.8 Å². The third kappa shape index (κ3) is 6.54. The van der Waals surface area contributed by atoms with Crippen molar-refractivity contribution in [1.29, 1.82) is 0 Å². The van der Waals surface area contributed by atoms with Gasteiger partial charge in [-0.05, 0) is 32.0 Å². The molecule has 0 bridgehead atoms. The van der Waals surface area contributed by atoms with Crippen LogP contribution in [0.4, 0.5) is 5.82 Å². The zero-order valence-corrected chi connectivity index (χ0v) is 20.3. The minimum absolute atomic E-state index is 0.0187. The summed E-state index contributed by atoms with van der Waals surface area (Å²) in [6.07, 6.45) is 0. The van der Waals surface area contributed by atoms with Crippen LogP contribution in [0.25, 0.3) is 10.2 Å². The first-order chi connectivity index (χ1) is 16.3. The molecule has 13 heteroatoms. The predicted molar refractivity (Wildman–Crippen MR) is 126 cm³/mol. The number of aromatic nitrogens is 2. The highest BCUT2D eigenvalue weighted by atomic mass is 32.2. The van der Waals surface area contributed by atoms with E-state index in [4.69, 9.17) is 14.0 Å². The molecule has 11 nitrogen and oxygen atoms in total. The van der Waals surface area contributed by atoms with E-state index in [0.717, 1.165) is 23.1 Å². The van der Waals surface area contributed by atoms with Gasteiger partial charge in [0.1, 0.15) is 12.3 Å². The summed E-state index contributed by atoms with van der Waals surface area (Å²) in [5.41, 5.74) is 0.952. The molecule has 0 saturated heterocycles. The number of hydrogen-bond acceptors (Lipinski definition) is 10. The van der Waals surface area contributed by atoms with E-state index in [9.17, 15) is 19.2 Å². The van der Waals surface area contributed by atoms with Crippen LogP contribution >= 0.6 is 23.1 Å². The van der Waals surface area contributed by atoms with Crippen LogP contribution < -0.4 is 10.1 Å². The van der Waals surface area contributed by atoms with Gasteiger partial charge < -0.3 is 23.9 Å². The summed E-state index contributed by atoms with van der Waals surface area (Å²) in [7, 11) is 1.28. The average molecular weight is 507 g/mol. The van der Waals surface area contributed by atoms with Crippen LogP contribution in [0, 0.1) is 6.92 Å². The number of carbonyl (C=O) groups excluding carboxylic acids is 4. The Hall–Kier alpha value is -3.45. The van der Waals surface area contributed by atoms with Crippen molar-refractivity contribution in [1.82, 2.24) is 9.72 Å². The second-order valence-corrected chi connectivity index (χ2v) is 8.81. The molecule has 2 amide bonds. The van der Waals surface area contributed by atoms with Gasteiger partial charge in [0.25, 0.3) is 5.91 Å². The lowest BCUT2D eigenvalue weighted by Crippen LogP contribution is -2.23. The fraction of sp³-hybridized carbons (Fsp3) is 0.333. The van der Waals surface area contributed by atoms with Crippen molar-refractivity contribution < 1.29 is 33.2 Å². The Labute approximate surface area is 202 Å². The summed E-state index contributed by atoms with van der Waals surface area (Å²) in [5.74, 6) is -0.962. The Kier molecular flexibility index (Phi) is 8.60. The van der Waals surface area contributed by atoms with E-state index >= 15 is 0 Å². The molecule has 0 saturated carbocycles. The molecule has 2 heterocycles. The summed E-state index contributed by atoms with van der Waals surface area (Å²) in [6, 6.07) is 6.42. The van der Waals surface area contributed by atoms with Crippen LogP contribution in [0.3, 0.4) is 0 Å². The molecular formula is C21H22N4O7S2. The highest BCUT2D eigenvalue weighted by Gasteiger charge is 2.15. The Morgan fingerprint density at radius 3 is 2.71 bits per heavy atom. The Bertz CT molecular complexity index is 1290. The number of ether oxygens (including phenoxy) is 2. The number of anilines is 1. The third-order valence-corrected chi connectivity index (χ3v) is 6.23. The molecule has 0 fully saturated rings. The van der Waals surface area contributed by atoms with Gasteiger partial charge in [-0.3, -0.25) is 14.4 Å². The number of amides is 2. The molecule has 0 unspecified atom stereocenters. The number of methoxy groups -OCH3 is 1. The number of aryl methyl sites for hydroxylation is 1. The molecule has 34 heavy (non-hydrogen) atoms. The van der Waals surface area contributed by atoms with Crippen molar-refractivity contribution >= 4 is 62.9 Å². The molecule has 0 atom stereocenters. The van der Waals surface area contributed by atoms with Crippen molar-refractivity contribution in [2.45, 2.75) is 20.4 Å². The lowest BCUT2D eigenvalue weighted by molar-refractivity contribution is -0.143. The number of rotatable bonds is 9. The lowest BCUT2D eigenvalue weighted by atomic mass is 10.2. The highest BCUT2D eigenvalue weighted by molar-refractivity contribution is 8.00. The minimum Gasteiger partial charge on any atom is -0.465 e. The van der Waals surface area contributed by atoms with Gasteiger partial charge in [0.2, 0.25) is 5.91 Å². The monoisotopic (exact) mass is 506 g/mol. The van der Waals surface area contributed by atoms with Crippen LogP contribution in [0.1, 0.15) is 23.0 Å². The van der Waals surface area contributed by atoms with Gasteiger partial charge in [0, 0.05) is 6.07 Å². The van der Waals surface area contributed by atoms with Crippen LogP contribution in [0.5, 0.6) is 0 Å². The maximum atomic E-state index is 12.5. The number of thioether (sulfide) groups is 1. The minimum atomic E-state index is -0.503. The first-order valence-corrected chi connectivity index (χ1v) is 12.0. The van der Waals surface area contributed by atoms with Gasteiger partial charge in [-0.15, -0.1) is 11.8 Å². The molecule has 0 aliphatic heterocycles. The number of hydrogen-bond donors (Lipinski definition) is 1. The quantitative estimate of drug-likeness (QED) is 0.432. The molecule has 180 valence electrons. The van der Waals surface area contributed by atoms with E-state index in [1.54, 1.807) is 42.7 Å². The van der Waals surface area contributed by atoms with Crippen molar-refractivity contribution in [3.05, 3.63) is 40.4 Å². The zero-order valence-electron chi connectivity index (χ0n) is 18.7. The lowest BCUT2D eigenvalue weighted by Gasteiger charge is -2.05. The third-order valence-electron chi connectivity index (χ3n) is 4.27. The Morgan fingerprint density at radius 1 is 1.24 bits per heavy atom. The zero-order chi connectivity index (χ0) is 24.7. The first kappa shape index (κ1) is 25.2. The highest BCUT2D eigenvalue weighted by Crippen LogP contribution is 2.20. The Morgan fingerprint density at radius 2 is 2.03 bits per heavy atom. The van der Waals surface area contributed by atoms with E-state index in [1.807, 2.05) is 0 Å². The first-order valence-electron chi connectivity index (χ1n) is 10.1. The fourth-order valence-electron chi connectivity index (χ4n) is 2.87. The summed E-state index contributed by atoms with van der Waals surface area (Å²) in [4.78, 5) is 52.8. The van der Waals surface area contributed by atoms with Gasteiger partial charge in [0.15, 0.2) is 10.6 Å². The molecule has 1 N–H and O–H groups in total. The maximum absolute atomic E-state index is 12.5. The number of thiazole rings is 1. The second-order valence-electron chi connectivity index (χ2n) is 6.82. The average Bonchev–Trinajstić information content (AvgIpc) is 3.35. The van der Waals surface area contributed by atoms with Gasteiger partial charge in [-0.1, -0.05) is 16.5 Å². The summed E-state index contributed by atoms with van der Waals surface area (Å²) < 4.78 is 16.9. The van der Waals surface area contributed by atoms with Gasteiger partial charge in [-0.25, -0.2) is 4.79 Å². The summed E-state index contributed by atoms with van der Waals surface area (Å²) in [5, 5.41) is 6.24. The Balaban J connectivity index is 1.76. The van der Waals surface area contributed by atoms with Crippen LogP contribution in [0.15, 0.2) is 33.8 Å². The fourth-order valence-corrected chi connectivity index (χ4v) is 4.55. The smallest absolute Gasteiger partial charge is 0.337 e. The molecule has 0 spiro atoms. The molecule has 2 aromatic heterocycles. The maximum Gasteiger partial charge on any atom is 0.337 e. The van der Waals surface area contributed by atoms with E-state index in [0.29, 0.717) is 27.4 Å². The number of carbonyl (C=O) groups is 4. The van der Waals surface area contributed by atoms with Crippen LogP contribution in [-0.2, 0) is 30.4 Å². The number of benzene rings is 1. The van der Waals surface area contributed by atoms with Crippen molar-refractivity contribution in [2.24, 2.45) is 4.99 Å². The number of nitrogens with one attached hydrogen (secondary N) is 1. The molecule has 0 radical (unpaired) electrons. The van der Waals surface area contributed by atoms with Gasteiger partial charge in [-0.2, -0.15) is 4.99 Å². The molecule has 3 aromatic rings. The van der Waals surface area contributed by atoms with Crippen LogP contribution in [-0.4, -0.2) is 58.7 Å². The second kappa shape index (κ2) is 11.6. The van der Waals surface area contributed by atoms with E-state index in [-0.39, 0.29) is 35.4 Å². The predicted octanol–water partition coefficient (Wildman–Crippen LogP) is 2.15. The normalized spacial score (nSPS) is 11.4. The molecule has 0 aliphatic carbocycles. The van der Waals surface area contributed by atoms with Crippen molar-refractivity contribution in [3.8, 4) is 0 Å². The largest absolute Gasteiger partial charge is 0.465 e. The number of esters is 2. The number of nitrogens with zero attached hydrogens (tertiary/aromatic N) is 3.